The number of sulfonamides is 1. The highest BCUT2D eigenvalue weighted by molar-refractivity contribution is 7.92. The zero-order valence-electron chi connectivity index (χ0n) is 14.0. The highest BCUT2D eigenvalue weighted by Crippen LogP contribution is 2.19. The number of aromatic nitrogens is 1. The second kappa shape index (κ2) is 8.54. The number of benzene rings is 1. The fourth-order valence-electron chi connectivity index (χ4n) is 2.12. The van der Waals surface area contributed by atoms with Gasteiger partial charge in [-0.05, 0) is 42.8 Å². The topological polar surface area (TPSA) is 80.3 Å². The van der Waals surface area contributed by atoms with Gasteiger partial charge in [0.15, 0.2) is 0 Å². The molecule has 2 rings (SSSR count). The van der Waals surface area contributed by atoms with E-state index in [0.717, 1.165) is 18.7 Å². The lowest BCUT2D eigenvalue weighted by molar-refractivity contribution is 0.414. The summed E-state index contributed by atoms with van der Waals surface area (Å²) in [5, 5.41) is 3.26. The molecule has 0 aliphatic heterocycles. The maximum Gasteiger partial charge on any atom is 0.263 e. The quantitative estimate of drug-likeness (QED) is 0.677. The van der Waals surface area contributed by atoms with Crippen molar-refractivity contribution in [1.29, 1.82) is 0 Å². The molecule has 0 saturated heterocycles. The van der Waals surface area contributed by atoms with E-state index in [1.165, 1.54) is 32.1 Å². The Labute approximate surface area is 143 Å². The maximum absolute atomic E-state index is 12.3. The van der Waals surface area contributed by atoms with Crippen LogP contribution in [0.5, 0.6) is 5.75 Å². The highest BCUT2D eigenvalue weighted by atomic mass is 32.2. The molecule has 0 aliphatic rings. The van der Waals surface area contributed by atoms with E-state index in [1.807, 2.05) is 6.07 Å². The SMILES string of the molecule is CCCCCNc1ccc(NS(=O)(=O)c2ccc(OC)cc2)nc1. The van der Waals surface area contributed by atoms with Crippen LogP contribution in [-0.4, -0.2) is 27.1 Å². The molecule has 1 heterocycles. The van der Waals surface area contributed by atoms with Crippen LogP contribution < -0.4 is 14.8 Å². The van der Waals surface area contributed by atoms with E-state index in [9.17, 15) is 8.42 Å². The van der Waals surface area contributed by atoms with Gasteiger partial charge in [0, 0.05) is 6.54 Å². The Balaban J connectivity index is 1.98. The van der Waals surface area contributed by atoms with E-state index in [0.29, 0.717) is 5.75 Å². The molecular formula is C17H23N3O3S. The number of nitrogens with one attached hydrogen (secondary N) is 2. The van der Waals surface area contributed by atoms with Gasteiger partial charge in [0.05, 0.1) is 23.9 Å². The van der Waals surface area contributed by atoms with Crippen LogP contribution in [0.1, 0.15) is 26.2 Å². The van der Waals surface area contributed by atoms with Crippen LogP contribution >= 0.6 is 0 Å². The van der Waals surface area contributed by atoms with Crippen molar-refractivity contribution in [3.05, 3.63) is 42.6 Å². The van der Waals surface area contributed by atoms with Crippen LogP contribution in [0.4, 0.5) is 11.5 Å². The van der Waals surface area contributed by atoms with E-state index < -0.39 is 10.0 Å². The molecule has 0 saturated carbocycles. The first-order valence-corrected chi connectivity index (χ1v) is 9.40. The number of hydrogen-bond acceptors (Lipinski definition) is 5. The average molecular weight is 349 g/mol. The van der Waals surface area contributed by atoms with Crippen molar-refractivity contribution >= 4 is 21.5 Å². The van der Waals surface area contributed by atoms with Gasteiger partial charge in [0.25, 0.3) is 10.0 Å². The van der Waals surface area contributed by atoms with Crippen molar-refractivity contribution in [2.45, 2.75) is 31.1 Å². The number of nitrogens with zero attached hydrogens (tertiary/aromatic N) is 1. The minimum absolute atomic E-state index is 0.159. The summed E-state index contributed by atoms with van der Waals surface area (Å²) in [5.41, 5.74) is 0.874. The van der Waals surface area contributed by atoms with E-state index in [-0.39, 0.29) is 10.7 Å². The molecular weight excluding hydrogens is 326 g/mol. The molecule has 0 radical (unpaired) electrons. The Morgan fingerprint density at radius 2 is 1.83 bits per heavy atom. The lowest BCUT2D eigenvalue weighted by Crippen LogP contribution is -2.14. The van der Waals surface area contributed by atoms with Gasteiger partial charge in [-0.2, -0.15) is 0 Å². The first-order chi connectivity index (χ1) is 11.5. The summed E-state index contributed by atoms with van der Waals surface area (Å²) in [5.74, 6) is 0.885. The molecule has 0 amide bonds. The number of ether oxygens (including phenoxy) is 1. The Morgan fingerprint density at radius 1 is 1.08 bits per heavy atom. The summed E-state index contributed by atoms with van der Waals surface area (Å²) in [6, 6.07) is 9.64. The van der Waals surface area contributed by atoms with Gasteiger partial charge < -0.3 is 10.1 Å². The zero-order valence-corrected chi connectivity index (χ0v) is 14.8. The Kier molecular flexibility index (Phi) is 6.43. The maximum atomic E-state index is 12.3. The summed E-state index contributed by atoms with van der Waals surface area (Å²) in [7, 11) is -2.13. The molecule has 0 atom stereocenters. The molecule has 2 N–H and O–H groups in total. The van der Waals surface area contributed by atoms with Crippen LogP contribution in [0.15, 0.2) is 47.5 Å². The van der Waals surface area contributed by atoms with Crippen LogP contribution in [0, 0.1) is 0 Å². The summed E-state index contributed by atoms with van der Waals surface area (Å²) in [6.45, 7) is 3.04. The molecule has 24 heavy (non-hydrogen) atoms. The Bertz CT molecular complexity index is 729. The number of pyridine rings is 1. The predicted molar refractivity (Wildman–Crippen MR) is 96.1 cm³/mol. The molecule has 0 bridgehead atoms. The molecule has 0 unspecified atom stereocenters. The summed E-state index contributed by atoms with van der Waals surface area (Å²) in [6.07, 6.45) is 5.08. The van der Waals surface area contributed by atoms with E-state index in [4.69, 9.17) is 4.74 Å². The number of methoxy groups -OCH3 is 1. The summed E-state index contributed by atoms with van der Waals surface area (Å²) >= 11 is 0. The van der Waals surface area contributed by atoms with Crippen molar-refractivity contribution in [1.82, 2.24) is 4.98 Å². The molecule has 0 aliphatic carbocycles. The fraction of sp³-hybridized carbons (Fsp3) is 0.353. The van der Waals surface area contributed by atoms with Gasteiger partial charge in [-0.15, -0.1) is 0 Å². The largest absolute Gasteiger partial charge is 0.497 e. The van der Waals surface area contributed by atoms with Gasteiger partial charge >= 0.3 is 0 Å². The average Bonchev–Trinajstić information content (AvgIpc) is 2.60. The third kappa shape index (κ3) is 5.13. The first kappa shape index (κ1) is 18.1. The van der Waals surface area contributed by atoms with Crippen molar-refractivity contribution in [3.63, 3.8) is 0 Å². The minimum atomic E-state index is -3.66. The second-order valence-corrected chi connectivity index (χ2v) is 7.03. The molecule has 130 valence electrons. The van der Waals surface area contributed by atoms with Gasteiger partial charge in [0.2, 0.25) is 0 Å². The summed E-state index contributed by atoms with van der Waals surface area (Å²) < 4.78 is 32.1. The number of anilines is 2. The normalized spacial score (nSPS) is 11.1. The smallest absolute Gasteiger partial charge is 0.263 e. The highest BCUT2D eigenvalue weighted by Gasteiger charge is 2.14. The van der Waals surface area contributed by atoms with Crippen molar-refractivity contribution in [3.8, 4) is 5.75 Å². The monoisotopic (exact) mass is 349 g/mol. The fourth-order valence-corrected chi connectivity index (χ4v) is 3.13. The second-order valence-electron chi connectivity index (χ2n) is 5.35. The molecule has 0 spiro atoms. The lowest BCUT2D eigenvalue weighted by Gasteiger charge is -2.09. The summed E-state index contributed by atoms with van der Waals surface area (Å²) in [4.78, 5) is 4.30. The van der Waals surface area contributed by atoms with Gasteiger partial charge in [-0.25, -0.2) is 13.4 Å². The van der Waals surface area contributed by atoms with E-state index in [1.54, 1.807) is 24.4 Å². The van der Waals surface area contributed by atoms with Crippen LogP contribution in [0.3, 0.4) is 0 Å². The number of rotatable bonds is 9. The van der Waals surface area contributed by atoms with Gasteiger partial charge in [-0.3, -0.25) is 4.72 Å². The van der Waals surface area contributed by atoms with Crippen molar-refractivity contribution in [2.75, 3.05) is 23.7 Å². The third-order valence-electron chi connectivity index (χ3n) is 3.48. The molecule has 7 heteroatoms. The van der Waals surface area contributed by atoms with Gasteiger partial charge in [0.1, 0.15) is 11.6 Å². The standard InChI is InChI=1S/C17H23N3O3S/c1-3-4-5-12-18-14-6-11-17(19-13-14)20-24(21,22)16-9-7-15(23-2)8-10-16/h6-11,13,18H,3-5,12H2,1-2H3,(H,19,20). The number of unbranched alkanes of at least 4 members (excludes halogenated alkanes) is 2. The molecule has 1 aromatic carbocycles. The van der Waals surface area contributed by atoms with Crippen LogP contribution in [0.25, 0.3) is 0 Å². The first-order valence-electron chi connectivity index (χ1n) is 7.92. The molecule has 1 aromatic heterocycles. The van der Waals surface area contributed by atoms with Crippen LogP contribution in [-0.2, 0) is 10.0 Å². The Morgan fingerprint density at radius 3 is 2.42 bits per heavy atom. The van der Waals surface area contributed by atoms with Crippen LogP contribution in [0.2, 0.25) is 0 Å². The molecule has 2 aromatic rings. The Hall–Kier alpha value is -2.28. The van der Waals surface area contributed by atoms with Gasteiger partial charge in [-0.1, -0.05) is 19.8 Å². The third-order valence-corrected chi connectivity index (χ3v) is 4.85. The zero-order chi connectivity index (χ0) is 17.4. The minimum Gasteiger partial charge on any atom is -0.497 e. The van der Waals surface area contributed by atoms with E-state index >= 15 is 0 Å². The van der Waals surface area contributed by atoms with Crippen molar-refractivity contribution in [2.24, 2.45) is 0 Å². The van der Waals surface area contributed by atoms with Crippen molar-refractivity contribution < 1.29 is 13.2 Å². The van der Waals surface area contributed by atoms with E-state index in [2.05, 4.69) is 21.9 Å². The molecule has 6 nitrogen and oxygen atoms in total. The molecule has 0 fully saturated rings. The number of hydrogen-bond donors (Lipinski definition) is 2. The lowest BCUT2D eigenvalue weighted by atomic mass is 10.2. The predicted octanol–water partition coefficient (Wildman–Crippen LogP) is 3.49.